The van der Waals surface area contributed by atoms with Crippen molar-refractivity contribution in [3.05, 3.63) is 65.2 Å². The van der Waals surface area contributed by atoms with E-state index in [1.54, 1.807) is 24.3 Å². The summed E-state index contributed by atoms with van der Waals surface area (Å²) in [6.07, 6.45) is 4.05. The van der Waals surface area contributed by atoms with Crippen LogP contribution in [-0.4, -0.2) is 11.9 Å². The molecule has 0 spiro atoms. The standard InChI is InChI=1S/C23H26O4/c1-16-3-9-19(10-4-16)22(24)26-15-18-7-13-21(14-8-18)27-23(25)20-11-5-17(2)6-12-20/h5-8,11-14,16,19H,3-4,9-10,15H2,1-2H3. The maximum atomic E-state index is 12.2. The molecule has 2 aromatic carbocycles. The van der Waals surface area contributed by atoms with Gasteiger partial charge in [0.25, 0.3) is 0 Å². The number of aryl methyl sites for hydroxylation is 1. The Hall–Kier alpha value is -2.62. The minimum Gasteiger partial charge on any atom is -0.461 e. The molecule has 4 nitrogen and oxygen atoms in total. The Balaban J connectivity index is 1.49. The molecule has 0 radical (unpaired) electrons. The monoisotopic (exact) mass is 366 g/mol. The largest absolute Gasteiger partial charge is 0.461 e. The maximum absolute atomic E-state index is 12.2. The van der Waals surface area contributed by atoms with Crippen LogP contribution in [0.1, 0.15) is 54.1 Å². The minimum atomic E-state index is -0.388. The summed E-state index contributed by atoms with van der Waals surface area (Å²) >= 11 is 0. The first kappa shape index (κ1) is 19.2. The van der Waals surface area contributed by atoms with Gasteiger partial charge in [0.15, 0.2) is 0 Å². The van der Waals surface area contributed by atoms with E-state index in [4.69, 9.17) is 9.47 Å². The Morgan fingerprint density at radius 1 is 0.926 bits per heavy atom. The molecular formula is C23H26O4. The summed E-state index contributed by atoms with van der Waals surface area (Å²) in [5.41, 5.74) is 2.48. The van der Waals surface area contributed by atoms with Crippen LogP contribution in [0.4, 0.5) is 0 Å². The van der Waals surface area contributed by atoms with Crippen molar-refractivity contribution < 1.29 is 19.1 Å². The van der Waals surface area contributed by atoms with Crippen LogP contribution < -0.4 is 4.74 Å². The van der Waals surface area contributed by atoms with Gasteiger partial charge in [-0.25, -0.2) is 4.79 Å². The maximum Gasteiger partial charge on any atom is 0.343 e. The summed E-state index contributed by atoms with van der Waals surface area (Å²) in [5, 5.41) is 0. The molecule has 1 fully saturated rings. The molecule has 1 saturated carbocycles. The molecular weight excluding hydrogens is 340 g/mol. The number of ether oxygens (including phenoxy) is 2. The van der Waals surface area contributed by atoms with Gasteiger partial charge in [0.1, 0.15) is 12.4 Å². The first-order valence-electron chi connectivity index (χ1n) is 9.55. The van der Waals surface area contributed by atoms with Crippen LogP contribution in [-0.2, 0) is 16.1 Å². The minimum absolute atomic E-state index is 0.0379. The third kappa shape index (κ3) is 5.43. The average molecular weight is 366 g/mol. The lowest BCUT2D eigenvalue weighted by atomic mass is 9.83. The molecule has 3 rings (SSSR count). The van der Waals surface area contributed by atoms with E-state index in [9.17, 15) is 9.59 Å². The van der Waals surface area contributed by atoms with Crippen molar-refractivity contribution in [3.8, 4) is 5.75 Å². The predicted molar refractivity (Wildman–Crippen MR) is 103 cm³/mol. The van der Waals surface area contributed by atoms with Gasteiger partial charge in [-0.3, -0.25) is 4.79 Å². The molecule has 0 saturated heterocycles. The molecule has 27 heavy (non-hydrogen) atoms. The molecule has 2 aromatic rings. The van der Waals surface area contributed by atoms with E-state index in [1.165, 1.54) is 0 Å². The number of hydrogen-bond donors (Lipinski definition) is 0. The number of hydrogen-bond acceptors (Lipinski definition) is 4. The Morgan fingerprint density at radius 3 is 2.19 bits per heavy atom. The zero-order valence-electron chi connectivity index (χ0n) is 15.9. The number of carbonyl (C=O) groups is 2. The van der Waals surface area contributed by atoms with Gasteiger partial charge in [0, 0.05) is 0 Å². The fourth-order valence-electron chi connectivity index (χ4n) is 3.28. The lowest BCUT2D eigenvalue weighted by Crippen LogP contribution is -2.22. The van der Waals surface area contributed by atoms with Gasteiger partial charge in [-0.1, -0.05) is 36.8 Å². The second kappa shape index (κ2) is 8.85. The van der Waals surface area contributed by atoms with E-state index < -0.39 is 0 Å². The first-order valence-corrected chi connectivity index (χ1v) is 9.55. The second-order valence-electron chi connectivity index (χ2n) is 7.46. The number of carbonyl (C=O) groups excluding carboxylic acids is 2. The summed E-state index contributed by atoms with van der Waals surface area (Å²) in [6.45, 7) is 4.45. The fraction of sp³-hybridized carbons (Fsp3) is 0.391. The van der Waals surface area contributed by atoms with Crippen molar-refractivity contribution in [1.29, 1.82) is 0 Å². The molecule has 4 heteroatoms. The predicted octanol–water partition coefficient (Wildman–Crippen LogP) is 5.08. The van der Waals surface area contributed by atoms with E-state index in [2.05, 4.69) is 6.92 Å². The molecule has 1 aliphatic rings. The van der Waals surface area contributed by atoms with E-state index >= 15 is 0 Å². The normalized spacial score (nSPS) is 19.3. The highest BCUT2D eigenvalue weighted by Crippen LogP contribution is 2.29. The molecule has 0 unspecified atom stereocenters. The molecule has 142 valence electrons. The van der Waals surface area contributed by atoms with Crippen molar-refractivity contribution in [2.24, 2.45) is 11.8 Å². The smallest absolute Gasteiger partial charge is 0.343 e. The van der Waals surface area contributed by atoms with Crippen LogP contribution >= 0.6 is 0 Å². The van der Waals surface area contributed by atoms with Gasteiger partial charge in [-0.15, -0.1) is 0 Å². The topological polar surface area (TPSA) is 52.6 Å². The van der Waals surface area contributed by atoms with Crippen molar-refractivity contribution in [2.45, 2.75) is 46.1 Å². The quantitative estimate of drug-likeness (QED) is 0.547. The van der Waals surface area contributed by atoms with Crippen LogP contribution in [0.5, 0.6) is 5.75 Å². The van der Waals surface area contributed by atoms with Crippen molar-refractivity contribution in [2.75, 3.05) is 0 Å². The van der Waals surface area contributed by atoms with Crippen molar-refractivity contribution in [3.63, 3.8) is 0 Å². The number of rotatable bonds is 5. The Kier molecular flexibility index (Phi) is 6.28. The van der Waals surface area contributed by atoms with Gasteiger partial charge in [-0.05, 0) is 68.4 Å². The van der Waals surface area contributed by atoms with Crippen LogP contribution in [0, 0.1) is 18.8 Å². The van der Waals surface area contributed by atoms with Gasteiger partial charge < -0.3 is 9.47 Å². The van der Waals surface area contributed by atoms with Crippen LogP contribution in [0.3, 0.4) is 0 Å². The molecule has 0 amide bonds. The van der Waals surface area contributed by atoms with Crippen LogP contribution in [0.25, 0.3) is 0 Å². The first-order chi connectivity index (χ1) is 13.0. The SMILES string of the molecule is Cc1ccc(C(=O)Oc2ccc(COC(=O)C3CCC(C)CC3)cc2)cc1. The van der Waals surface area contributed by atoms with E-state index in [0.717, 1.165) is 36.8 Å². The summed E-state index contributed by atoms with van der Waals surface area (Å²) in [6, 6.07) is 14.3. The van der Waals surface area contributed by atoms with Crippen LogP contribution in [0.15, 0.2) is 48.5 Å². The van der Waals surface area contributed by atoms with Gasteiger partial charge in [-0.2, -0.15) is 0 Å². The summed E-state index contributed by atoms with van der Waals surface area (Å²) < 4.78 is 10.8. The molecule has 1 aliphatic carbocycles. The lowest BCUT2D eigenvalue weighted by molar-refractivity contribution is -0.151. The van der Waals surface area contributed by atoms with E-state index in [1.807, 2.05) is 31.2 Å². The Labute approximate surface area is 160 Å². The van der Waals surface area contributed by atoms with Gasteiger partial charge >= 0.3 is 11.9 Å². The van der Waals surface area contributed by atoms with Gasteiger partial charge in [0.2, 0.25) is 0 Å². The number of esters is 2. The third-order valence-electron chi connectivity index (χ3n) is 5.15. The summed E-state index contributed by atoms with van der Waals surface area (Å²) in [5.74, 6) is 0.731. The lowest BCUT2D eigenvalue weighted by Gasteiger charge is -2.24. The van der Waals surface area contributed by atoms with Crippen molar-refractivity contribution >= 4 is 11.9 Å². The highest BCUT2D eigenvalue weighted by molar-refractivity contribution is 5.91. The number of benzene rings is 2. The Morgan fingerprint density at radius 2 is 1.56 bits per heavy atom. The third-order valence-corrected chi connectivity index (χ3v) is 5.15. The molecule has 0 bridgehead atoms. The Bertz CT molecular complexity index is 769. The highest BCUT2D eigenvalue weighted by Gasteiger charge is 2.25. The average Bonchev–Trinajstić information content (AvgIpc) is 2.68. The zero-order valence-corrected chi connectivity index (χ0v) is 15.9. The summed E-state index contributed by atoms with van der Waals surface area (Å²) in [4.78, 5) is 24.3. The van der Waals surface area contributed by atoms with E-state index in [-0.39, 0.29) is 24.5 Å². The van der Waals surface area contributed by atoms with Crippen LogP contribution in [0.2, 0.25) is 0 Å². The summed E-state index contributed by atoms with van der Waals surface area (Å²) in [7, 11) is 0. The molecule has 0 aliphatic heterocycles. The van der Waals surface area contributed by atoms with Crippen molar-refractivity contribution in [1.82, 2.24) is 0 Å². The highest BCUT2D eigenvalue weighted by atomic mass is 16.5. The van der Waals surface area contributed by atoms with E-state index in [0.29, 0.717) is 17.2 Å². The second-order valence-corrected chi connectivity index (χ2v) is 7.46. The zero-order chi connectivity index (χ0) is 19.2. The molecule has 0 aromatic heterocycles. The molecule has 0 N–H and O–H groups in total. The molecule has 0 heterocycles. The van der Waals surface area contributed by atoms with Gasteiger partial charge in [0.05, 0.1) is 11.5 Å². The molecule has 0 atom stereocenters. The fourth-order valence-corrected chi connectivity index (χ4v) is 3.28.